The number of nitrogens with zero attached hydrogens (tertiary/aromatic N) is 2. The molecule has 0 radical (unpaired) electrons. The first-order chi connectivity index (χ1) is 10.2. The molecule has 0 unspecified atom stereocenters. The number of hydrogen-bond donors (Lipinski definition) is 0. The van der Waals surface area contributed by atoms with E-state index in [9.17, 15) is 23.3 Å². The van der Waals surface area contributed by atoms with E-state index >= 15 is 0 Å². The molecule has 0 saturated heterocycles. The lowest BCUT2D eigenvalue weighted by Gasteiger charge is -2.11. The average Bonchev–Trinajstić information content (AvgIpc) is 2.43. The van der Waals surface area contributed by atoms with Crippen LogP contribution in [0.2, 0.25) is 0 Å². The van der Waals surface area contributed by atoms with Crippen LogP contribution in [0.15, 0.2) is 56.9 Å². The smallest absolute Gasteiger partial charge is 0.283 e. The number of nitro groups is 1. The highest BCUT2D eigenvalue weighted by Gasteiger charge is 2.21. The number of benzene rings is 1. The first-order valence-electron chi connectivity index (χ1n) is 6.21. The third-order valence-corrected chi connectivity index (χ3v) is 4.27. The van der Waals surface area contributed by atoms with Crippen molar-refractivity contribution in [2.45, 2.75) is 18.7 Å². The highest BCUT2D eigenvalue weighted by Crippen LogP contribution is 2.22. The summed E-state index contributed by atoms with van der Waals surface area (Å²) < 4.78 is 28.3. The second kappa shape index (κ2) is 5.64. The molecule has 0 amide bonds. The van der Waals surface area contributed by atoms with Crippen LogP contribution in [0.1, 0.15) is 13.8 Å². The van der Waals surface area contributed by atoms with Gasteiger partial charge in [-0.3, -0.25) is 14.9 Å². The number of hydrogen-bond acceptors (Lipinski definition) is 5. The van der Waals surface area contributed by atoms with E-state index in [1.54, 1.807) is 13.8 Å². The van der Waals surface area contributed by atoms with E-state index in [1.165, 1.54) is 30.4 Å². The van der Waals surface area contributed by atoms with Crippen LogP contribution in [-0.2, 0) is 14.8 Å². The van der Waals surface area contributed by atoms with Crippen molar-refractivity contribution in [3.63, 3.8) is 0 Å². The van der Waals surface area contributed by atoms with E-state index in [1.807, 2.05) is 0 Å². The lowest BCUT2D eigenvalue weighted by Crippen LogP contribution is -2.13. The van der Waals surface area contributed by atoms with Crippen LogP contribution in [0.4, 0.5) is 5.69 Å². The maximum Gasteiger partial charge on any atom is 0.283 e. The summed E-state index contributed by atoms with van der Waals surface area (Å²) in [6.07, 6.45) is 2.57. The fourth-order valence-electron chi connectivity index (χ4n) is 1.99. The largest absolute Gasteiger partial charge is 0.290 e. The summed E-state index contributed by atoms with van der Waals surface area (Å²) in [5.41, 5.74) is 0.698. The minimum absolute atomic E-state index is 0.172. The van der Waals surface area contributed by atoms with Gasteiger partial charge < -0.3 is 0 Å². The van der Waals surface area contributed by atoms with Crippen molar-refractivity contribution in [1.82, 2.24) is 0 Å². The summed E-state index contributed by atoms with van der Waals surface area (Å²) in [6.45, 7) is 3.16. The number of nitro benzene ring substituents is 1. The van der Waals surface area contributed by atoms with Crippen LogP contribution in [-0.4, -0.2) is 24.8 Å². The molecule has 1 aliphatic carbocycles. The summed E-state index contributed by atoms with van der Waals surface area (Å²) in [6, 6.07) is 4.66. The second-order valence-electron chi connectivity index (χ2n) is 4.73. The zero-order chi connectivity index (χ0) is 16.5. The van der Waals surface area contributed by atoms with Crippen LogP contribution >= 0.6 is 0 Å². The van der Waals surface area contributed by atoms with Gasteiger partial charge in [-0.25, -0.2) is 0 Å². The Morgan fingerprint density at radius 2 is 1.73 bits per heavy atom. The van der Waals surface area contributed by atoms with Gasteiger partial charge in [0.2, 0.25) is 0 Å². The molecule has 0 spiro atoms. The normalized spacial score (nSPS) is 15.2. The van der Waals surface area contributed by atoms with Gasteiger partial charge in [0.15, 0.2) is 5.78 Å². The van der Waals surface area contributed by atoms with Crippen molar-refractivity contribution in [2.24, 2.45) is 4.40 Å². The van der Waals surface area contributed by atoms with E-state index in [2.05, 4.69) is 4.40 Å². The van der Waals surface area contributed by atoms with Gasteiger partial charge in [0.1, 0.15) is 0 Å². The molecule has 0 saturated carbocycles. The second-order valence-corrected chi connectivity index (χ2v) is 6.33. The molecule has 22 heavy (non-hydrogen) atoms. The van der Waals surface area contributed by atoms with E-state index < -0.39 is 14.9 Å². The molecule has 1 aromatic carbocycles. The Balaban J connectivity index is 2.52. The monoisotopic (exact) mass is 320 g/mol. The third kappa shape index (κ3) is 3.17. The summed E-state index contributed by atoms with van der Waals surface area (Å²) in [5.74, 6) is -0.235. The lowest BCUT2D eigenvalue weighted by molar-refractivity contribution is -0.385. The van der Waals surface area contributed by atoms with Gasteiger partial charge in [0.25, 0.3) is 15.7 Å². The molecule has 0 atom stereocenters. The standard InChI is InChI=1S/C14H12N2O5S/c1-9-6-12(17)7-10(2)14(9)15-22(20,21)13-5-3-4-11(8-13)16(18)19/h3-8H,1-2H3. The summed E-state index contributed by atoms with van der Waals surface area (Å²) in [7, 11) is -4.11. The molecule has 1 aromatic rings. The van der Waals surface area contributed by atoms with Gasteiger partial charge in [-0.1, -0.05) is 6.07 Å². The number of sulfonamides is 1. The number of carbonyl (C=O) groups is 1. The van der Waals surface area contributed by atoms with Gasteiger partial charge in [-0.15, -0.1) is 0 Å². The zero-order valence-corrected chi connectivity index (χ0v) is 12.6. The van der Waals surface area contributed by atoms with Gasteiger partial charge in [-0.2, -0.15) is 12.8 Å². The first-order valence-corrected chi connectivity index (χ1v) is 7.65. The zero-order valence-electron chi connectivity index (χ0n) is 11.8. The number of carbonyl (C=O) groups excluding carboxylic acids is 1. The van der Waals surface area contributed by atoms with Crippen molar-refractivity contribution in [1.29, 1.82) is 0 Å². The molecule has 0 N–H and O–H groups in total. The highest BCUT2D eigenvalue weighted by molar-refractivity contribution is 7.90. The van der Waals surface area contributed by atoms with Crippen LogP contribution in [0.25, 0.3) is 0 Å². The van der Waals surface area contributed by atoms with Crippen LogP contribution in [0.3, 0.4) is 0 Å². The molecule has 7 nitrogen and oxygen atoms in total. The number of ketones is 1. The lowest BCUT2D eigenvalue weighted by atomic mass is 9.98. The van der Waals surface area contributed by atoms with E-state index in [4.69, 9.17) is 0 Å². The van der Waals surface area contributed by atoms with E-state index in [0.29, 0.717) is 11.1 Å². The molecule has 8 heteroatoms. The molecule has 0 aromatic heterocycles. The number of allylic oxidation sites excluding steroid dienone is 4. The number of rotatable bonds is 3. The Bertz CT molecular complexity index is 839. The topological polar surface area (TPSA) is 107 Å². The molecule has 0 aliphatic heterocycles. The van der Waals surface area contributed by atoms with E-state index in [0.717, 1.165) is 6.07 Å². The molecule has 0 heterocycles. The summed E-state index contributed by atoms with van der Waals surface area (Å²) in [4.78, 5) is 21.1. The number of non-ortho nitro benzene ring substituents is 1. The van der Waals surface area contributed by atoms with Crippen molar-refractivity contribution in [3.05, 3.63) is 57.7 Å². The summed E-state index contributed by atoms with van der Waals surface area (Å²) >= 11 is 0. The fraction of sp³-hybridized carbons (Fsp3) is 0.143. The van der Waals surface area contributed by atoms with Crippen LogP contribution in [0.5, 0.6) is 0 Å². The highest BCUT2D eigenvalue weighted by atomic mass is 32.2. The van der Waals surface area contributed by atoms with Crippen LogP contribution in [0, 0.1) is 10.1 Å². The van der Waals surface area contributed by atoms with Gasteiger partial charge in [-0.05, 0) is 43.2 Å². The molecular formula is C14H12N2O5S. The molecule has 1 aliphatic rings. The average molecular weight is 320 g/mol. The third-order valence-electron chi connectivity index (χ3n) is 3.00. The van der Waals surface area contributed by atoms with Crippen molar-refractivity contribution >= 4 is 27.2 Å². The maximum atomic E-state index is 12.3. The Hall–Kier alpha value is -2.61. The minimum Gasteiger partial charge on any atom is -0.290 e. The van der Waals surface area contributed by atoms with Gasteiger partial charge >= 0.3 is 0 Å². The Morgan fingerprint density at radius 3 is 2.27 bits per heavy atom. The van der Waals surface area contributed by atoms with Gasteiger partial charge in [0.05, 0.1) is 15.5 Å². The Labute approximate surface area is 126 Å². The molecule has 114 valence electrons. The Kier molecular flexibility index (Phi) is 4.05. The summed E-state index contributed by atoms with van der Waals surface area (Å²) in [5, 5.41) is 10.7. The Morgan fingerprint density at radius 1 is 1.14 bits per heavy atom. The molecular weight excluding hydrogens is 308 g/mol. The molecule has 2 rings (SSSR count). The molecule has 0 bridgehead atoms. The quantitative estimate of drug-likeness (QED) is 0.482. The van der Waals surface area contributed by atoms with Crippen LogP contribution < -0.4 is 0 Å². The van der Waals surface area contributed by atoms with Crippen molar-refractivity contribution < 1.29 is 18.1 Å². The predicted molar refractivity (Wildman–Crippen MR) is 80.2 cm³/mol. The fourth-order valence-corrected chi connectivity index (χ4v) is 3.14. The maximum absolute atomic E-state index is 12.3. The molecule has 0 fully saturated rings. The van der Waals surface area contributed by atoms with Gasteiger partial charge in [0, 0.05) is 12.1 Å². The minimum atomic E-state index is -4.11. The van der Waals surface area contributed by atoms with Crippen molar-refractivity contribution in [2.75, 3.05) is 0 Å². The predicted octanol–water partition coefficient (Wildman–Crippen LogP) is 2.20. The SMILES string of the molecule is CC1=CC(=O)C=C(C)C1=NS(=O)(=O)c1cccc([N+](=O)[O-])c1. The van der Waals surface area contributed by atoms with Crippen molar-refractivity contribution in [3.8, 4) is 0 Å². The van der Waals surface area contributed by atoms with E-state index in [-0.39, 0.29) is 22.1 Å². The first kappa shape index (κ1) is 15.8.